The van der Waals surface area contributed by atoms with Crippen LogP contribution in [0, 0.1) is 5.82 Å². The summed E-state index contributed by atoms with van der Waals surface area (Å²) in [6, 6.07) is 6.27. The van der Waals surface area contributed by atoms with Crippen LogP contribution in [0.4, 0.5) is 9.18 Å². The molecule has 3 amide bonds. The minimum absolute atomic E-state index is 0.0703. The van der Waals surface area contributed by atoms with Crippen molar-refractivity contribution in [2.24, 2.45) is 0 Å². The number of rotatable bonds is 5. The summed E-state index contributed by atoms with van der Waals surface area (Å²) >= 11 is 0. The first-order chi connectivity index (χ1) is 13.1. The highest BCUT2D eigenvalue weighted by Gasteiger charge is 2.24. The zero-order valence-corrected chi connectivity index (χ0v) is 15.8. The molecule has 148 valence electrons. The molecule has 0 aliphatic carbocycles. The van der Waals surface area contributed by atoms with Crippen LogP contribution in [-0.4, -0.2) is 79.0 Å². The van der Waals surface area contributed by atoms with Crippen molar-refractivity contribution in [2.45, 2.75) is 25.7 Å². The van der Waals surface area contributed by atoms with Gasteiger partial charge < -0.3 is 15.1 Å². The molecule has 0 saturated carbocycles. The van der Waals surface area contributed by atoms with E-state index < -0.39 is 0 Å². The summed E-state index contributed by atoms with van der Waals surface area (Å²) < 4.78 is 12.9. The van der Waals surface area contributed by atoms with Crippen LogP contribution in [0.2, 0.25) is 0 Å². The third kappa shape index (κ3) is 5.92. The van der Waals surface area contributed by atoms with Gasteiger partial charge in [0.25, 0.3) is 0 Å². The summed E-state index contributed by atoms with van der Waals surface area (Å²) in [6.45, 7) is 5.48. The molecule has 0 unspecified atom stereocenters. The number of hydrogen-bond acceptors (Lipinski definition) is 3. The van der Waals surface area contributed by atoms with Crippen molar-refractivity contribution in [3.05, 3.63) is 35.6 Å². The molecule has 2 fully saturated rings. The van der Waals surface area contributed by atoms with Crippen LogP contribution in [0.5, 0.6) is 0 Å². The van der Waals surface area contributed by atoms with Crippen LogP contribution in [0.3, 0.4) is 0 Å². The molecular formula is C20H29FN4O2. The number of nitrogens with one attached hydrogen (secondary N) is 1. The van der Waals surface area contributed by atoms with Crippen molar-refractivity contribution in [1.29, 1.82) is 0 Å². The van der Waals surface area contributed by atoms with Gasteiger partial charge in [-0.2, -0.15) is 0 Å². The highest BCUT2D eigenvalue weighted by atomic mass is 19.1. The maximum atomic E-state index is 12.9. The summed E-state index contributed by atoms with van der Waals surface area (Å²) in [6.07, 6.45) is 4.12. The molecule has 2 aliphatic heterocycles. The van der Waals surface area contributed by atoms with E-state index in [1.165, 1.54) is 18.6 Å². The van der Waals surface area contributed by atoms with Gasteiger partial charge in [-0.25, -0.2) is 9.18 Å². The lowest BCUT2D eigenvalue weighted by atomic mass is 10.1. The van der Waals surface area contributed by atoms with E-state index >= 15 is 0 Å². The number of benzene rings is 1. The zero-order valence-electron chi connectivity index (χ0n) is 15.8. The Labute approximate surface area is 160 Å². The quantitative estimate of drug-likeness (QED) is 0.851. The van der Waals surface area contributed by atoms with Gasteiger partial charge in [-0.3, -0.25) is 9.69 Å². The smallest absolute Gasteiger partial charge is 0.317 e. The topological polar surface area (TPSA) is 55.9 Å². The second-order valence-electron chi connectivity index (χ2n) is 7.31. The van der Waals surface area contributed by atoms with Gasteiger partial charge >= 0.3 is 6.03 Å². The monoisotopic (exact) mass is 376 g/mol. The van der Waals surface area contributed by atoms with E-state index in [4.69, 9.17) is 0 Å². The van der Waals surface area contributed by atoms with Gasteiger partial charge in [-0.1, -0.05) is 12.1 Å². The number of likely N-dealkylation sites (tertiary alicyclic amines) is 1. The maximum Gasteiger partial charge on any atom is 0.317 e. The predicted octanol–water partition coefficient (Wildman–Crippen LogP) is 1.71. The second-order valence-corrected chi connectivity index (χ2v) is 7.31. The third-order valence-corrected chi connectivity index (χ3v) is 5.33. The van der Waals surface area contributed by atoms with Gasteiger partial charge in [0.1, 0.15) is 5.82 Å². The zero-order chi connectivity index (χ0) is 19.1. The fraction of sp³-hybridized carbons (Fsp3) is 0.600. The van der Waals surface area contributed by atoms with Crippen molar-refractivity contribution in [3.8, 4) is 0 Å². The van der Waals surface area contributed by atoms with E-state index in [2.05, 4.69) is 10.2 Å². The van der Waals surface area contributed by atoms with Gasteiger partial charge in [0.2, 0.25) is 5.91 Å². The van der Waals surface area contributed by atoms with Crippen LogP contribution in [0.1, 0.15) is 24.8 Å². The summed E-state index contributed by atoms with van der Waals surface area (Å²) in [5, 5.41) is 2.92. The minimum Gasteiger partial charge on any atom is -0.342 e. The first-order valence-electron chi connectivity index (χ1n) is 9.89. The molecule has 6 nitrogen and oxygen atoms in total. The molecule has 0 bridgehead atoms. The van der Waals surface area contributed by atoms with Crippen molar-refractivity contribution < 1.29 is 14.0 Å². The SMILES string of the molecule is O=C(CN1CCN(C(=O)NCCc2ccc(F)cc2)CC1)N1CCCCC1. The van der Waals surface area contributed by atoms with Gasteiger partial charge in [0.15, 0.2) is 0 Å². The molecule has 0 aromatic heterocycles. The third-order valence-electron chi connectivity index (χ3n) is 5.33. The number of piperazine rings is 1. The number of nitrogens with zero attached hydrogens (tertiary/aromatic N) is 3. The highest BCUT2D eigenvalue weighted by Crippen LogP contribution is 2.10. The fourth-order valence-electron chi connectivity index (χ4n) is 3.62. The first kappa shape index (κ1) is 19.6. The van der Waals surface area contributed by atoms with E-state index in [0.29, 0.717) is 32.6 Å². The molecule has 1 aromatic carbocycles. The number of carbonyl (C=O) groups excluding carboxylic acids is 2. The molecule has 0 atom stereocenters. The number of hydrogen-bond donors (Lipinski definition) is 1. The van der Waals surface area contributed by atoms with Gasteiger partial charge in [-0.05, 0) is 43.4 Å². The molecule has 0 spiro atoms. The summed E-state index contributed by atoms with van der Waals surface area (Å²) in [5.74, 6) is -0.0358. The van der Waals surface area contributed by atoms with Gasteiger partial charge in [0.05, 0.1) is 6.54 Å². The Bertz CT molecular complexity index is 623. The van der Waals surface area contributed by atoms with E-state index in [0.717, 1.165) is 44.6 Å². The molecule has 3 rings (SSSR count). The molecule has 1 aromatic rings. The summed E-state index contributed by atoms with van der Waals surface area (Å²) in [5.41, 5.74) is 0.998. The average Bonchev–Trinajstić information content (AvgIpc) is 2.70. The van der Waals surface area contributed by atoms with E-state index in [1.807, 2.05) is 4.90 Å². The Morgan fingerprint density at radius 3 is 2.22 bits per heavy atom. The number of urea groups is 1. The van der Waals surface area contributed by atoms with Crippen LogP contribution in [0.25, 0.3) is 0 Å². The first-order valence-corrected chi connectivity index (χ1v) is 9.89. The molecule has 2 saturated heterocycles. The van der Waals surface area contributed by atoms with Gasteiger partial charge in [0, 0.05) is 45.8 Å². The van der Waals surface area contributed by atoms with E-state index in [-0.39, 0.29) is 17.8 Å². The highest BCUT2D eigenvalue weighted by molar-refractivity contribution is 5.78. The molecule has 0 radical (unpaired) electrons. The fourth-order valence-corrected chi connectivity index (χ4v) is 3.62. The Morgan fingerprint density at radius 2 is 1.56 bits per heavy atom. The summed E-state index contributed by atoms with van der Waals surface area (Å²) in [7, 11) is 0. The number of halogens is 1. The molecular weight excluding hydrogens is 347 g/mol. The number of amides is 3. The van der Waals surface area contributed by atoms with Crippen molar-refractivity contribution in [2.75, 3.05) is 52.4 Å². The normalized spacial score (nSPS) is 18.4. The Hall–Kier alpha value is -2.15. The lowest BCUT2D eigenvalue weighted by Gasteiger charge is -2.36. The molecule has 7 heteroatoms. The lowest BCUT2D eigenvalue weighted by molar-refractivity contribution is -0.133. The lowest BCUT2D eigenvalue weighted by Crippen LogP contribution is -2.54. The average molecular weight is 376 g/mol. The Kier molecular flexibility index (Phi) is 7.04. The van der Waals surface area contributed by atoms with Crippen LogP contribution in [-0.2, 0) is 11.2 Å². The Balaban J connectivity index is 1.33. The van der Waals surface area contributed by atoms with Gasteiger partial charge in [-0.15, -0.1) is 0 Å². The molecule has 27 heavy (non-hydrogen) atoms. The van der Waals surface area contributed by atoms with Crippen LogP contribution in [0.15, 0.2) is 24.3 Å². The predicted molar refractivity (Wildman–Crippen MR) is 102 cm³/mol. The number of carbonyl (C=O) groups is 2. The largest absolute Gasteiger partial charge is 0.342 e. The van der Waals surface area contributed by atoms with Crippen molar-refractivity contribution in [1.82, 2.24) is 20.0 Å². The van der Waals surface area contributed by atoms with Crippen molar-refractivity contribution >= 4 is 11.9 Å². The van der Waals surface area contributed by atoms with E-state index in [1.54, 1.807) is 17.0 Å². The molecule has 2 heterocycles. The minimum atomic E-state index is -0.251. The molecule has 1 N–H and O–H groups in total. The Morgan fingerprint density at radius 1 is 0.889 bits per heavy atom. The number of piperidine rings is 1. The second kappa shape index (κ2) is 9.69. The maximum absolute atomic E-state index is 12.9. The molecule has 2 aliphatic rings. The standard InChI is InChI=1S/C20H29FN4O2/c21-18-6-4-17(5-7-18)8-9-22-20(27)25-14-12-23(13-15-25)16-19(26)24-10-2-1-3-11-24/h4-7H,1-3,8-16H2,(H,22,27). The van der Waals surface area contributed by atoms with Crippen LogP contribution >= 0.6 is 0 Å². The van der Waals surface area contributed by atoms with E-state index in [9.17, 15) is 14.0 Å². The van der Waals surface area contributed by atoms with Crippen LogP contribution < -0.4 is 5.32 Å². The van der Waals surface area contributed by atoms with Crippen molar-refractivity contribution in [3.63, 3.8) is 0 Å². The summed E-state index contributed by atoms with van der Waals surface area (Å²) in [4.78, 5) is 30.5.